The van der Waals surface area contributed by atoms with E-state index in [2.05, 4.69) is 36.0 Å². The summed E-state index contributed by atoms with van der Waals surface area (Å²) in [7, 11) is 3.23. The van der Waals surface area contributed by atoms with Gasteiger partial charge < -0.3 is 24.7 Å². The van der Waals surface area contributed by atoms with Crippen LogP contribution in [0, 0.1) is 5.92 Å². The number of methoxy groups -OCH3 is 2. The van der Waals surface area contributed by atoms with Gasteiger partial charge >= 0.3 is 0 Å². The predicted molar refractivity (Wildman–Crippen MR) is 108 cm³/mol. The summed E-state index contributed by atoms with van der Waals surface area (Å²) < 4.78 is 10.7. The van der Waals surface area contributed by atoms with Gasteiger partial charge in [-0.05, 0) is 45.2 Å². The van der Waals surface area contributed by atoms with Crippen LogP contribution in [-0.2, 0) is 0 Å². The number of nitrogens with one attached hydrogen (secondary N) is 2. The molecule has 0 bridgehead atoms. The molecule has 3 rings (SSSR count). The summed E-state index contributed by atoms with van der Waals surface area (Å²) >= 11 is 0. The number of nitrogens with zero attached hydrogens (tertiary/aromatic N) is 1. The molecule has 0 radical (unpaired) electrons. The van der Waals surface area contributed by atoms with E-state index < -0.39 is 0 Å². The molecule has 0 aliphatic carbocycles. The smallest absolute Gasteiger partial charge is 0.268 e. The van der Waals surface area contributed by atoms with Gasteiger partial charge in [0.2, 0.25) is 0 Å². The van der Waals surface area contributed by atoms with Gasteiger partial charge in [-0.25, -0.2) is 0 Å². The molecular weight excluding hydrogens is 342 g/mol. The summed E-state index contributed by atoms with van der Waals surface area (Å²) in [6, 6.07) is 5.52. The van der Waals surface area contributed by atoms with Crippen LogP contribution in [0.1, 0.15) is 44.1 Å². The normalized spacial score (nSPS) is 18.5. The van der Waals surface area contributed by atoms with Gasteiger partial charge in [-0.15, -0.1) is 0 Å². The van der Waals surface area contributed by atoms with Gasteiger partial charge in [0.15, 0.2) is 0 Å². The maximum Gasteiger partial charge on any atom is 0.268 e. The Balaban J connectivity index is 1.75. The Hall–Kier alpha value is -2.21. The highest BCUT2D eigenvalue weighted by Gasteiger charge is 2.27. The van der Waals surface area contributed by atoms with Crippen molar-refractivity contribution < 1.29 is 14.3 Å². The number of likely N-dealkylation sites (tertiary alicyclic amines) is 1. The number of rotatable bonds is 6. The van der Waals surface area contributed by atoms with Crippen molar-refractivity contribution in [2.75, 3.05) is 33.9 Å². The van der Waals surface area contributed by atoms with Crippen molar-refractivity contribution in [2.24, 2.45) is 5.92 Å². The zero-order chi connectivity index (χ0) is 19.6. The van der Waals surface area contributed by atoms with Crippen LogP contribution in [-0.4, -0.2) is 55.2 Å². The topological polar surface area (TPSA) is 66.6 Å². The Bertz CT molecular complexity index is 812. The first-order valence-corrected chi connectivity index (χ1v) is 9.61. The number of amides is 1. The highest BCUT2D eigenvalue weighted by Crippen LogP contribution is 2.31. The number of H-pyrrole nitrogens is 1. The van der Waals surface area contributed by atoms with E-state index in [1.54, 1.807) is 14.2 Å². The van der Waals surface area contributed by atoms with Gasteiger partial charge in [0.05, 0.1) is 19.7 Å². The molecule has 0 spiro atoms. The number of fused-ring (bicyclic) bond motifs is 1. The molecule has 1 aromatic heterocycles. The summed E-state index contributed by atoms with van der Waals surface area (Å²) in [5.74, 6) is 1.98. The Kier molecular flexibility index (Phi) is 5.65. The highest BCUT2D eigenvalue weighted by atomic mass is 16.5. The van der Waals surface area contributed by atoms with Gasteiger partial charge in [0.25, 0.3) is 5.91 Å². The molecule has 6 heteroatoms. The summed E-state index contributed by atoms with van der Waals surface area (Å²) in [6.07, 6.45) is 2.53. The number of piperidine rings is 1. The minimum absolute atomic E-state index is 0.109. The number of hydrogen-bond donors (Lipinski definition) is 2. The lowest BCUT2D eigenvalue weighted by Gasteiger charge is -2.37. The van der Waals surface area contributed by atoms with Gasteiger partial charge in [-0.3, -0.25) is 4.79 Å². The molecule has 1 aromatic carbocycles. The van der Waals surface area contributed by atoms with E-state index in [0.717, 1.165) is 36.5 Å². The van der Waals surface area contributed by atoms with Crippen molar-refractivity contribution in [1.29, 1.82) is 0 Å². The van der Waals surface area contributed by atoms with Crippen LogP contribution in [0.25, 0.3) is 10.9 Å². The lowest BCUT2D eigenvalue weighted by Crippen LogP contribution is -2.53. The molecule has 1 atom stereocenters. The number of hydrogen-bond acceptors (Lipinski definition) is 4. The first-order valence-electron chi connectivity index (χ1n) is 9.61. The summed E-state index contributed by atoms with van der Waals surface area (Å²) in [4.78, 5) is 18.5. The maximum absolute atomic E-state index is 12.9. The Morgan fingerprint density at radius 3 is 2.74 bits per heavy atom. The summed E-state index contributed by atoms with van der Waals surface area (Å²) in [6.45, 7) is 9.51. The SMILES string of the molecule is COc1cc(OC)c2cc(C(=O)NC(C)(C)CN3CCCC(C)C3)[nH]c2c1. The molecule has 0 saturated carbocycles. The minimum atomic E-state index is -0.312. The number of benzene rings is 1. The van der Waals surface area contributed by atoms with Gasteiger partial charge in [0, 0.05) is 36.1 Å². The van der Waals surface area contributed by atoms with Crippen molar-refractivity contribution >= 4 is 16.8 Å². The highest BCUT2D eigenvalue weighted by molar-refractivity contribution is 6.00. The average molecular weight is 373 g/mol. The van der Waals surface area contributed by atoms with Crippen molar-refractivity contribution in [2.45, 2.75) is 39.2 Å². The monoisotopic (exact) mass is 373 g/mol. The number of ether oxygens (including phenoxy) is 2. The number of aromatic nitrogens is 1. The molecule has 1 unspecified atom stereocenters. The lowest BCUT2D eigenvalue weighted by molar-refractivity contribution is 0.0859. The van der Waals surface area contributed by atoms with E-state index in [0.29, 0.717) is 17.2 Å². The van der Waals surface area contributed by atoms with Crippen molar-refractivity contribution in [3.8, 4) is 11.5 Å². The summed E-state index contributed by atoms with van der Waals surface area (Å²) in [5.41, 5.74) is 1.03. The fourth-order valence-corrected chi connectivity index (χ4v) is 3.99. The van der Waals surface area contributed by atoms with Crippen LogP contribution in [0.15, 0.2) is 18.2 Å². The van der Waals surface area contributed by atoms with Crippen LogP contribution in [0.5, 0.6) is 11.5 Å². The lowest BCUT2D eigenvalue weighted by atomic mass is 9.97. The third-order valence-electron chi connectivity index (χ3n) is 5.19. The molecule has 6 nitrogen and oxygen atoms in total. The second-order valence-electron chi connectivity index (χ2n) is 8.29. The number of carbonyl (C=O) groups excluding carboxylic acids is 1. The Labute approximate surface area is 161 Å². The van der Waals surface area contributed by atoms with Crippen LogP contribution < -0.4 is 14.8 Å². The molecule has 1 aliphatic heterocycles. The maximum atomic E-state index is 12.9. The Morgan fingerprint density at radius 1 is 1.30 bits per heavy atom. The van der Waals surface area contributed by atoms with Crippen molar-refractivity contribution in [3.63, 3.8) is 0 Å². The van der Waals surface area contributed by atoms with Crippen LogP contribution >= 0.6 is 0 Å². The number of aromatic amines is 1. The van der Waals surface area contributed by atoms with E-state index in [1.165, 1.54) is 12.8 Å². The third kappa shape index (κ3) is 4.56. The van der Waals surface area contributed by atoms with E-state index in [9.17, 15) is 4.79 Å². The summed E-state index contributed by atoms with van der Waals surface area (Å²) in [5, 5.41) is 4.04. The predicted octanol–water partition coefficient (Wildman–Crippen LogP) is 3.43. The molecular formula is C21H31N3O3. The molecule has 2 aromatic rings. The van der Waals surface area contributed by atoms with Gasteiger partial charge in [-0.2, -0.15) is 0 Å². The minimum Gasteiger partial charge on any atom is -0.497 e. The van der Waals surface area contributed by atoms with Crippen LogP contribution in [0.4, 0.5) is 0 Å². The number of carbonyl (C=O) groups is 1. The van der Waals surface area contributed by atoms with Gasteiger partial charge in [-0.1, -0.05) is 6.92 Å². The zero-order valence-electron chi connectivity index (χ0n) is 17.0. The molecule has 1 amide bonds. The molecule has 27 heavy (non-hydrogen) atoms. The van der Waals surface area contributed by atoms with Crippen molar-refractivity contribution in [1.82, 2.24) is 15.2 Å². The van der Waals surface area contributed by atoms with Crippen LogP contribution in [0.2, 0.25) is 0 Å². The van der Waals surface area contributed by atoms with E-state index in [1.807, 2.05) is 18.2 Å². The Morgan fingerprint density at radius 2 is 2.07 bits per heavy atom. The second kappa shape index (κ2) is 7.80. The standard InChI is InChI=1S/C21H31N3O3/c1-14-7-6-8-24(12-14)13-21(2,3)23-20(25)18-11-16-17(22-18)9-15(26-4)10-19(16)27-5/h9-11,14,22H,6-8,12-13H2,1-5H3,(H,23,25). The van der Waals surface area contributed by atoms with Gasteiger partial charge in [0.1, 0.15) is 17.2 Å². The largest absolute Gasteiger partial charge is 0.497 e. The molecule has 2 N–H and O–H groups in total. The quantitative estimate of drug-likeness (QED) is 0.814. The first kappa shape index (κ1) is 19.5. The molecule has 1 aliphatic rings. The second-order valence-corrected chi connectivity index (χ2v) is 8.29. The van der Waals surface area contributed by atoms with Crippen molar-refractivity contribution in [3.05, 3.63) is 23.9 Å². The molecule has 1 fully saturated rings. The average Bonchev–Trinajstić information content (AvgIpc) is 3.04. The fourth-order valence-electron chi connectivity index (χ4n) is 3.99. The molecule has 2 heterocycles. The van der Waals surface area contributed by atoms with Crippen LogP contribution in [0.3, 0.4) is 0 Å². The zero-order valence-corrected chi connectivity index (χ0v) is 17.0. The van der Waals surface area contributed by atoms with E-state index >= 15 is 0 Å². The van der Waals surface area contributed by atoms with E-state index in [4.69, 9.17) is 9.47 Å². The first-order chi connectivity index (χ1) is 12.8. The fraction of sp³-hybridized carbons (Fsp3) is 0.571. The van der Waals surface area contributed by atoms with E-state index in [-0.39, 0.29) is 11.4 Å². The molecule has 1 saturated heterocycles. The third-order valence-corrected chi connectivity index (χ3v) is 5.19. The molecule has 148 valence electrons.